The normalized spacial score (nSPS) is 10.4. The fourth-order valence-electron chi connectivity index (χ4n) is 2.23. The molecule has 1 heterocycles. The van der Waals surface area contributed by atoms with E-state index < -0.39 is 5.97 Å². The second-order valence-electron chi connectivity index (χ2n) is 5.32. The van der Waals surface area contributed by atoms with Gasteiger partial charge in [0.2, 0.25) is 5.91 Å². The van der Waals surface area contributed by atoms with Gasteiger partial charge in [0.05, 0.1) is 18.4 Å². The molecular formula is C17H19N3O5S. The van der Waals surface area contributed by atoms with Crippen molar-refractivity contribution in [1.29, 1.82) is 0 Å². The number of aromatic amines is 1. The van der Waals surface area contributed by atoms with Gasteiger partial charge in [0.25, 0.3) is 5.56 Å². The number of aliphatic hydroxyl groups is 1. The first-order chi connectivity index (χ1) is 12.4. The van der Waals surface area contributed by atoms with Crippen LogP contribution in [0.4, 0.5) is 5.69 Å². The summed E-state index contributed by atoms with van der Waals surface area (Å²) in [6, 6.07) is 6.39. The van der Waals surface area contributed by atoms with Crippen LogP contribution >= 0.6 is 11.8 Å². The Bertz CT molecular complexity index is 866. The lowest BCUT2D eigenvalue weighted by Gasteiger charge is -2.08. The molecule has 0 aliphatic carbocycles. The van der Waals surface area contributed by atoms with E-state index in [1.54, 1.807) is 25.1 Å². The van der Waals surface area contributed by atoms with Crippen molar-refractivity contribution < 1.29 is 19.4 Å². The van der Waals surface area contributed by atoms with Crippen LogP contribution in [0, 0.1) is 6.92 Å². The first-order valence-corrected chi connectivity index (χ1v) is 8.75. The predicted molar refractivity (Wildman–Crippen MR) is 97.5 cm³/mol. The van der Waals surface area contributed by atoms with Crippen molar-refractivity contribution in [2.24, 2.45) is 0 Å². The summed E-state index contributed by atoms with van der Waals surface area (Å²) < 4.78 is 4.64. The van der Waals surface area contributed by atoms with Gasteiger partial charge in [0, 0.05) is 30.0 Å². The molecule has 138 valence electrons. The zero-order valence-corrected chi connectivity index (χ0v) is 15.2. The maximum absolute atomic E-state index is 12.1. The van der Waals surface area contributed by atoms with Crippen LogP contribution in [-0.2, 0) is 16.0 Å². The molecule has 0 aliphatic heterocycles. The van der Waals surface area contributed by atoms with Crippen LogP contribution in [0.15, 0.2) is 34.2 Å². The van der Waals surface area contributed by atoms with E-state index in [0.717, 1.165) is 11.8 Å². The minimum absolute atomic E-state index is 0.0319. The van der Waals surface area contributed by atoms with Crippen LogP contribution in [-0.4, -0.2) is 46.4 Å². The number of hydrogen-bond donors (Lipinski definition) is 3. The Morgan fingerprint density at radius 2 is 2.15 bits per heavy atom. The van der Waals surface area contributed by atoms with Crippen molar-refractivity contribution in [3.05, 3.63) is 51.4 Å². The van der Waals surface area contributed by atoms with Crippen LogP contribution in [0.1, 0.15) is 21.6 Å². The van der Waals surface area contributed by atoms with E-state index >= 15 is 0 Å². The Labute approximate surface area is 154 Å². The Morgan fingerprint density at radius 3 is 2.81 bits per heavy atom. The fourth-order valence-corrected chi connectivity index (χ4v) is 2.94. The number of nitrogens with zero attached hydrogens (tertiary/aromatic N) is 1. The average molecular weight is 377 g/mol. The largest absolute Gasteiger partial charge is 0.465 e. The molecule has 0 fully saturated rings. The maximum atomic E-state index is 12.1. The first kappa shape index (κ1) is 19.7. The van der Waals surface area contributed by atoms with Gasteiger partial charge in [-0.25, -0.2) is 9.78 Å². The third-order valence-electron chi connectivity index (χ3n) is 3.47. The maximum Gasteiger partial charge on any atom is 0.337 e. The number of aliphatic hydroxyl groups excluding tert-OH is 1. The van der Waals surface area contributed by atoms with Crippen molar-refractivity contribution in [2.45, 2.75) is 18.5 Å². The molecule has 0 atom stereocenters. The fraction of sp³-hybridized carbons (Fsp3) is 0.294. The number of nitrogens with one attached hydrogen (secondary N) is 2. The number of thioether (sulfide) groups is 1. The number of rotatable bonds is 7. The van der Waals surface area contributed by atoms with Gasteiger partial charge < -0.3 is 20.1 Å². The zero-order chi connectivity index (χ0) is 19.1. The van der Waals surface area contributed by atoms with E-state index in [2.05, 4.69) is 20.0 Å². The van der Waals surface area contributed by atoms with E-state index in [9.17, 15) is 14.4 Å². The highest BCUT2D eigenvalue weighted by molar-refractivity contribution is 7.99. The van der Waals surface area contributed by atoms with Crippen LogP contribution in [0.3, 0.4) is 0 Å². The van der Waals surface area contributed by atoms with Crippen LogP contribution in [0.2, 0.25) is 0 Å². The summed E-state index contributed by atoms with van der Waals surface area (Å²) in [4.78, 5) is 42.4. The second-order valence-corrected chi connectivity index (χ2v) is 6.28. The Hall–Kier alpha value is -2.65. The van der Waals surface area contributed by atoms with E-state index in [0.29, 0.717) is 27.7 Å². The van der Waals surface area contributed by atoms with Crippen molar-refractivity contribution in [1.82, 2.24) is 9.97 Å². The van der Waals surface area contributed by atoms with Crippen LogP contribution in [0.25, 0.3) is 0 Å². The number of ether oxygens (including phenoxy) is 1. The number of H-pyrrole nitrogens is 1. The molecule has 26 heavy (non-hydrogen) atoms. The number of carbonyl (C=O) groups excluding carboxylic acids is 2. The van der Waals surface area contributed by atoms with E-state index in [1.807, 2.05) is 0 Å². The molecule has 0 aliphatic rings. The summed E-state index contributed by atoms with van der Waals surface area (Å²) >= 11 is 1.09. The predicted octanol–water partition coefficient (Wildman–Crippen LogP) is 1.13. The van der Waals surface area contributed by atoms with Gasteiger partial charge in [-0.1, -0.05) is 17.8 Å². The minimum atomic E-state index is -0.490. The summed E-state index contributed by atoms with van der Waals surface area (Å²) in [6.07, 6.45) is 0.232. The smallest absolute Gasteiger partial charge is 0.337 e. The summed E-state index contributed by atoms with van der Waals surface area (Å²) in [5.41, 5.74) is 1.44. The number of methoxy groups -OCH3 is 1. The summed E-state index contributed by atoms with van der Waals surface area (Å²) in [5.74, 6) is -0.767. The number of esters is 1. The van der Waals surface area contributed by atoms with Gasteiger partial charge in [0.1, 0.15) is 0 Å². The van der Waals surface area contributed by atoms with Crippen molar-refractivity contribution >= 4 is 29.3 Å². The number of aromatic nitrogens is 2. The third-order valence-corrected chi connectivity index (χ3v) is 4.34. The average Bonchev–Trinajstić information content (AvgIpc) is 2.62. The number of hydrogen-bond acceptors (Lipinski definition) is 7. The van der Waals surface area contributed by atoms with Gasteiger partial charge in [-0.2, -0.15) is 0 Å². The molecule has 8 nitrogen and oxygen atoms in total. The number of aryl methyl sites for hydroxylation is 1. The summed E-state index contributed by atoms with van der Waals surface area (Å²) in [5, 5.41) is 12.0. The highest BCUT2D eigenvalue weighted by atomic mass is 32.2. The molecule has 0 unspecified atom stereocenters. The highest BCUT2D eigenvalue weighted by Gasteiger charge is 2.11. The molecule has 9 heteroatoms. The van der Waals surface area contributed by atoms with Crippen LogP contribution in [0.5, 0.6) is 0 Å². The molecule has 0 bridgehead atoms. The zero-order valence-electron chi connectivity index (χ0n) is 14.4. The molecule has 1 aromatic heterocycles. The lowest BCUT2D eigenvalue weighted by molar-refractivity contribution is -0.113. The molecule has 0 radical (unpaired) electrons. The van der Waals surface area contributed by atoms with Crippen LogP contribution < -0.4 is 10.9 Å². The van der Waals surface area contributed by atoms with Gasteiger partial charge in [0.15, 0.2) is 5.16 Å². The monoisotopic (exact) mass is 377 g/mol. The third kappa shape index (κ3) is 5.17. The first-order valence-electron chi connectivity index (χ1n) is 7.76. The topological polar surface area (TPSA) is 121 Å². The summed E-state index contributed by atoms with van der Waals surface area (Å²) in [7, 11) is 1.28. The van der Waals surface area contributed by atoms with E-state index in [-0.39, 0.29) is 30.2 Å². The minimum Gasteiger partial charge on any atom is -0.465 e. The number of benzene rings is 1. The lowest BCUT2D eigenvalue weighted by Crippen LogP contribution is -2.19. The number of anilines is 1. The Balaban J connectivity index is 1.99. The SMILES string of the molecule is COC(=O)c1cccc(NC(=O)CSc2nc(C)c(CCO)c(=O)[nH]2)c1. The van der Waals surface area contributed by atoms with Crippen molar-refractivity contribution in [3.8, 4) is 0 Å². The lowest BCUT2D eigenvalue weighted by atomic mass is 10.2. The molecule has 1 amide bonds. The molecule has 2 aromatic rings. The molecule has 3 N–H and O–H groups in total. The Morgan fingerprint density at radius 1 is 1.38 bits per heavy atom. The molecule has 0 saturated heterocycles. The molecule has 2 rings (SSSR count). The van der Waals surface area contributed by atoms with Crippen molar-refractivity contribution in [2.75, 3.05) is 24.8 Å². The van der Waals surface area contributed by atoms with Gasteiger partial charge in [-0.05, 0) is 25.1 Å². The van der Waals surface area contributed by atoms with Gasteiger partial charge >= 0.3 is 5.97 Å². The molecular weight excluding hydrogens is 358 g/mol. The second kappa shape index (κ2) is 9.16. The number of carbonyl (C=O) groups is 2. The molecule has 0 saturated carbocycles. The Kier molecular flexibility index (Phi) is 6.93. The van der Waals surface area contributed by atoms with Crippen molar-refractivity contribution in [3.63, 3.8) is 0 Å². The van der Waals surface area contributed by atoms with E-state index in [1.165, 1.54) is 13.2 Å². The van der Waals surface area contributed by atoms with Gasteiger partial charge in [-0.15, -0.1) is 0 Å². The van der Waals surface area contributed by atoms with E-state index in [4.69, 9.17) is 5.11 Å². The van der Waals surface area contributed by atoms with Gasteiger partial charge in [-0.3, -0.25) is 9.59 Å². The summed E-state index contributed by atoms with van der Waals surface area (Å²) in [6.45, 7) is 1.55. The highest BCUT2D eigenvalue weighted by Crippen LogP contribution is 2.15. The standard InChI is InChI=1S/C17H19N3O5S/c1-10-13(6-7-21)15(23)20-17(18-10)26-9-14(22)19-12-5-3-4-11(8-12)16(24)25-2/h3-5,8,21H,6-7,9H2,1-2H3,(H,19,22)(H,18,20,23). The molecule has 1 aromatic carbocycles. The number of amides is 1. The molecule has 0 spiro atoms. The quantitative estimate of drug-likeness (QED) is 0.376.